The maximum atomic E-state index is 10.9. The van der Waals surface area contributed by atoms with E-state index in [0.717, 1.165) is 0 Å². The van der Waals surface area contributed by atoms with Crippen LogP contribution in [0.25, 0.3) is 0 Å². The van der Waals surface area contributed by atoms with E-state index in [-0.39, 0.29) is 11.5 Å². The summed E-state index contributed by atoms with van der Waals surface area (Å²) < 4.78 is 1.85. The van der Waals surface area contributed by atoms with Crippen molar-refractivity contribution in [3.05, 3.63) is 41.0 Å². The maximum Gasteiger partial charge on any atom is 0.311 e. The molecule has 100 valence electrons. The number of nitrogens with one attached hydrogen (secondary N) is 2. The number of nitrogens with two attached hydrogens (primary N) is 1. The lowest BCUT2D eigenvalue weighted by Crippen LogP contribution is -2.14. The quantitative estimate of drug-likeness (QED) is 0.395. The summed E-state index contributed by atoms with van der Waals surface area (Å²) in [5, 5.41) is 13.8. The fraction of sp³-hybridized carbons (Fsp3) is 0.200. The SMILES string of the molecule is NNc1ccc([N+](=O)[O-])c(NCCn2ccnc2)n1. The molecule has 0 atom stereocenters. The summed E-state index contributed by atoms with van der Waals surface area (Å²) in [7, 11) is 0. The second kappa shape index (κ2) is 5.78. The van der Waals surface area contributed by atoms with Crippen LogP contribution in [0.2, 0.25) is 0 Å². The Kier molecular flexibility index (Phi) is 3.88. The van der Waals surface area contributed by atoms with Gasteiger partial charge >= 0.3 is 5.69 Å². The van der Waals surface area contributed by atoms with Gasteiger partial charge in [-0.2, -0.15) is 0 Å². The molecule has 2 rings (SSSR count). The van der Waals surface area contributed by atoms with E-state index < -0.39 is 4.92 Å². The standard InChI is InChI=1S/C10H13N7O2/c11-15-9-2-1-8(17(18)19)10(14-9)13-4-6-16-5-3-12-7-16/h1-3,5,7H,4,6,11H2,(H2,13,14,15). The van der Waals surface area contributed by atoms with Crippen molar-refractivity contribution in [1.82, 2.24) is 14.5 Å². The van der Waals surface area contributed by atoms with Crippen LogP contribution in [0.3, 0.4) is 0 Å². The number of pyridine rings is 1. The molecular formula is C10H13N7O2. The van der Waals surface area contributed by atoms with Crippen molar-refractivity contribution in [2.75, 3.05) is 17.3 Å². The molecule has 2 aromatic heterocycles. The molecule has 0 aromatic carbocycles. The van der Waals surface area contributed by atoms with Crippen LogP contribution < -0.4 is 16.6 Å². The first-order valence-electron chi connectivity index (χ1n) is 5.52. The zero-order chi connectivity index (χ0) is 13.7. The molecule has 19 heavy (non-hydrogen) atoms. The Morgan fingerprint density at radius 2 is 2.32 bits per heavy atom. The Bertz CT molecular complexity index is 555. The van der Waals surface area contributed by atoms with Gasteiger partial charge in [-0.1, -0.05) is 0 Å². The zero-order valence-corrected chi connectivity index (χ0v) is 9.98. The normalized spacial score (nSPS) is 10.2. The molecule has 0 spiro atoms. The highest BCUT2D eigenvalue weighted by Gasteiger charge is 2.15. The number of rotatable bonds is 6. The molecule has 9 heteroatoms. The van der Waals surface area contributed by atoms with Crippen molar-refractivity contribution < 1.29 is 4.92 Å². The van der Waals surface area contributed by atoms with Gasteiger partial charge in [-0.05, 0) is 6.07 Å². The summed E-state index contributed by atoms with van der Waals surface area (Å²) in [6, 6.07) is 2.79. The molecule has 2 heterocycles. The molecule has 0 radical (unpaired) electrons. The topological polar surface area (TPSA) is 124 Å². The highest BCUT2D eigenvalue weighted by atomic mass is 16.6. The maximum absolute atomic E-state index is 10.9. The van der Waals surface area contributed by atoms with E-state index in [1.54, 1.807) is 18.7 Å². The molecular weight excluding hydrogens is 250 g/mol. The fourth-order valence-corrected chi connectivity index (χ4v) is 1.53. The van der Waals surface area contributed by atoms with Crippen molar-refractivity contribution in [1.29, 1.82) is 0 Å². The number of hydrazine groups is 1. The van der Waals surface area contributed by atoms with Crippen LogP contribution in [0.4, 0.5) is 17.3 Å². The minimum Gasteiger partial charge on any atom is -0.362 e. The zero-order valence-electron chi connectivity index (χ0n) is 9.98. The Morgan fingerprint density at radius 1 is 1.47 bits per heavy atom. The van der Waals surface area contributed by atoms with Gasteiger partial charge in [0.05, 0.1) is 11.3 Å². The smallest absolute Gasteiger partial charge is 0.311 e. The average Bonchev–Trinajstić information content (AvgIpc) is 2.91. The number of anilines is 2. The minimum absolute atomic E-state index is 0.0929. The van der Waals surface area contributed by atoms with E-state index in [4.69, 9.17) is 5.84 Å². The van der Waals surface area contributed by atoms with E-state index >= 15 is 0 Å². The van der Waals surface area contributed by atoms with E-state index in [0.29, 0.717) is 18.9 Å². The minimum atomic E-state index is -0.493. The third kappa shape index (κ3) is 3.16. The van der Waals surface area contributed by atoms with Crippen LogP contribution in [-0.4, -0.2) is 26.0 Å². The van der Waals surface area contributed by atoms with E-state index in [1.807, 2.05) is 4.57 Å². The van der Waals surface area contributed by atoms with Crippen LogP contribution in [0.15, 0.2) is 30.9 Å². The summed E-state index contributed by atoms with van der Waals surface area (Å²) in [6.07, 6.45) is 5.14. The van der Waals surface area contributed by atoms with E-state index in [1.165, 1.54) is 12.1 Å². The van der Waals surface area contributed by atoms with E-state index in [9.17, 15) is 10.1 Å². The number of nitro groups is 1. The Morgan fingerprint density at radius 3 is 2.95 bits per heavy atom. The molecule has 0 unspecified atom stereocenters. The molecule has 0 bridgehead atoms. The van der Waals surface area contributed by atoms with Crippen LogP contribution in [-0.2, 0) is 6.54 Å². The summed E-state index contributed by atoms with van der Waals surface area (Å²) in [5.74, 6) is 5.77. The van der Waals surface area contributed by atoms with Gasteiger partial charge in [0.1, 0.15) is 5.82 Å². The Balaban J connectivity index is 2.06. The number of nitrogen functional groups attached to an aromatic ring is 1. The highest BCUT2D eigenvalue weighted by molar-refractivity contribution is 5.59. The van der Waals surface area contributed by atoms with Crippen LogP contribution in [0.1, 0.15) is 0 Å². The molecule has 4 N–H and O–H groups in total. The van der Waals surface area contributed by atoms with Gasteiger partial charge in [0.25, 0.3) is 0 Å². The number of imidazole rings is 1. The lowest BCUT2D eigenvalue weighted by atomic mass is 10.3. The first-order valence-corrected chi connectivity index (χ1v) is 5.52. The Labute approximate surface area is 108 Å². The third-order valence-corrected chi connectivity index (χ3v) is 2.44. The molecule has 0 saturated heterocycles. The number of hydrogen-bond donors (Lipinski definition) is 3. The second-order valence-electron chi connectivity index (χ2n) is 3.69. The predicted molar refractivity (Wildman–Crippen MR) is 69.4 cm³/mol. The van der Waals surface area contributed by atoms with Crippen LogP contribution >= 0.6 is 0 Å². The van der Waals surface area contributed by atoms with Crippen molar-refractivity contribution in [2.24, 2.45) is 5.84 Å². The highest BCUT2D eigenvalue weighted by Crippen LogP contribution is 2.23. The molecule has 0 aliphatic heterocycles. The van der Waals surface area contributed by atoms with Crippen molar-refractivity contribution >= 4 is 17.3 Å². The summed E-state index contributed by atoms with van der Waals surface area (Å²) in [4.78, 5) is 18.3. The average molecular weight is 263 g/mol. The van der Waals surface area contributed by atoms with Gasteiger partial charge in [-0.3, -0.25) is 10.1 Å². The molecule has 2 aromatic rings. The van der Waals surface area contributed by atoms with Crippen LogP contribution in [0.5, 0.6) is 0 Å². The fourth-order valence-electron chi connectivity index (χ4n) is 1.53. The molecule has 0 fully saturated rings. The first-order chi connectivity index (χ1) is 9.20. The summed E-state index contributed by atoms with van der Waals surface area (Å²) >= 11 is 0. The van der Waals surface area contributed by atoms with Gasteiger partial charge in [-0.15, -0.1) is 0 Å². The molecule has 0 aliphatic rings. The van der Waals surface area contributed by atoms with Crippen molar-refractivity contribution in [2.45, 2.75) is 6.54 Å². The number of nitrogens with zero attached hydrogens (tertiary/aromatic N) is 4. The molecule has 0 amide bonds. The van der Waals surface area contributed by atoms with Gasteiger partial charge in [0.15, 0.2) is 0 Å². The lowest BCUT2D eigenvalue weighted by Gasteiger charge is -2.08. The molecule has 0 aliphatic carbocycles. The molecule has 0 saturated carbocycles. The summed E-state index contributed by atoms with van der Waals surface area (Å²) in [6.45, 7) is 1.11. The second-order valence-corrected chi connectivity index (χ2v) is 3.69. The largest absolute Gasteiger partial charge is 0.362 e. The monoisotopic (exact) mass is 263 g/mol. The molecule has 9 nitrogen and oxygen atoms in total. The van der Waals surface area contributed by atoms with Crippen molar-refractivity contribution in [3.63, 3.8) is 0 Å². The lowest BCUT2D eigenvalue weighted by molar-refractivity contribution is -0.384. The Hall–Kier alpha value is -2.68. The van der Waals surface area contributed by atoms with Gasteiger partial charge < -0.3 is 15.3 Å². The van der Waals surface area contributed by atoms with Crippen molar-refractivity contribution in [3.8, 4) is 0 Å². The third-order valence-electron chi connectivity index (χ3n) is 2.44. The van der Waals surface area contributed by atoms with Gasteiger partial charge in [-0.25, -0.2) is 15.8 Å². The number of aromatic nitrogens is 3. The first kappa shape index (κ1) is 12.8. The van der Waals surface area contributed by atoms with Gasteiger partial charge in [0.2, 0.25) is 5.82 Å². The summed E-state index contributed by atoms with van der Waals surface area (Å²) in [5.41, 5.74) is 2.26. The van der Waals surface area contributed by atoms with Crippen LogP contribution in [0, 0.1) is 10.1 Å². The predicted octanol–water partition coefficient (Wildman–Crippen LogP) is 0.584. The van der Waals surface area contributed by atoms with Gasteiger partial charge in [0, 0.05) is 31.5 Å². The van der Waals surface area contributed by atoms with E-state index in [2.05, 4.69) is 20.7 Å². The number of hydrogen-bond acceptors (Lipinski definition) is 7.